The van der Waals surface area contributed by atoms with Gasteiger partial charge >= 0.3 is 26.2 Å². The van der Waals surface area contributed by atoms with Crippen molar-refractivity contribution in [2.75, 3.05) is 6.38 Å². The molecule has 0 unspecified atom stereocenters. The summed E-state index contributed by atoms with van der Waals surface area (Å²) in [6, 6.07) is 12.8. The third kappa shape index (κ3) is 9.56. The van der Waals surface area contributed by atoms with Crippen LogP contribution in [0.4, 0.5) is 0 Å². The third-order valence-electron chi connectivity index (χ3n) is 2.13. The number of hydrogen-bond acceptors (Lipinski definition) is 0. The van der Waals surface area contributed by atoms with Crippen LogP contribution < -0.4 is 0 Å². The molecule has 0 saturated carbocycles. The van der Waals surface area contributed by atoms with E-state index in [4.69, 9.17) is 0 Å². The van der Waals surface area contributed by atoms with E-state index in [1.165, 1.54) is 28.6 Å². The Morgan fingerprint density at radius 1 is 0.824 bits per heavy atom. The van der Waals surface area contributed by atoms with Gasteiger partial charge < -0.3 is 0 Å². The zero-order valence-electron chi connectivity index (χ0n) is 11.3. The number of rotatable bonds is 0. The van der Waals surface area contributed by atoms with Crippen molar-refractivity contribution in [1.82, 2.24) is 0 Å². The number of alkyl halides is 1. The molecule has 0 aliphatic carbocycles. The smallest absolute Gasteiger partial charge is 0.211 e. The standard InChI is InChI=1S/2C7H9.CH3Cl.Zr/c2*1-6-3-4-7(2)5-6;1-2;/h2*3-5H,1-2H3;1H3;/q2*-1;;+2. The van der Waals surface area contributed by atoms with Gasteiger partial charge in [-0.05, 0) is 0 Å². The molecular weight excluding hydrogens is 307 g/mol. The predicted molar refractivity (Wildman–Crippen MR) is 74.8 cm³/mol. The average Bonchev–Trinajstić information content (AvgIpc) is 2.80. The first-order chi connectivity index (χ1) is 7.58. The minimum Gasteiger partial charge on any atom is -0.211 e. The second kappa shape index (κ2) is 11.0. The van der Waals surface area contributed by atoms with Gasteiger partial charge in [-0.1, -0.05) is 27.7 Å². The Labute approximate surface area is 130 Å². The van der Waals surface area contributed by atoms with E-state index >= 15 is 0 Å². The van der Waals surface area contributed by atoms with Gasteiger partial charge in [-0.25, -0.2) is 23.3 Å². The Hall–Kier alpha value is -0.127. The van der Waals surface area contributed by atoms with Crippen molar-refractivity contribution < 1.29 is 26.2 Å². The van der Waals surface area contributed by atoms with Crippen molar-refractivity contribution in [2.24, 2.45) is 0 Å². The van der Waals surface area contributed by atoms with E-state index in [-0.39, 0.29) is 26.2 Å². The molecule has 17 heavy (non-hydrogen) atoms. The summed E-state index contributed by atoms with van der Waals surface area (Å²) in [6.07, 6.45) is 1.47. The molecular formula is C15H21ClZr. The molecule has 0 nitrogen and oxygen atoms in total. The van der Waals surface area contributed by atoms with Crippen LogP contribution in [0.25, 0.3) is 0 Å². The van der Waals surface area contributed by atoms with E-state index in [1.54, 1.807) is 0 Å². The molecule has 0 radical (unpaired) electrons. The first-order valence-corrected chi connectivity index (χ1v) is 6.11. The van der Waals surface area contributed by atoms with Crippen LogP contribution in [0.3, 0.4) is 0 Å². The van der Waals surface area contributed by atoms with Crippen molar-refractivity contribution in [2.45, 2.75) is 27.7 Å². The summed E-state index contributed by atoms with van der Waals surface area (Å²) in [6.45, 7) is 8.42. The van der Waals surface area contributed by atoms with Crippen LogP contribution >= 0.6 is 11.6 Å². The van der Waals surface area contributed by atoms with Gasteiger partial charge in [0.25, 0.3) is 0 Å². The van der Waals surface area contributed by atoms with Crippen LogP contribution in [0.1, 0.15) is 22.3 Å². The molecule has 0 spiro atoms. The Balaban J connectivity index is 0. The zero-order valence-corrected chi connectivity index (χ0v) is 14.6. The summed E-state index contributed by atoms with van der Waals surface area (Å²) in [7, 11) is 0. The van der Waals surface area contributed by atoms with Crippen molar-refractivity contribution in [1.29, 1.82) is 0 Å². The summed E-state index contributed by atoms with van der Waals surface area (Å²) in [5, 5.41) is 0. The molecule has 0 heterocycles. The molecule has 0 aliphatic rings. The average molecular weight is 328 g/mol. The fraction of sp³-hybridized carbons (Fsp3) is 0.333. The molecule has 2 heteroatoms. The molecule has 0 fully saturated rings. The molecule has 0 saturated heterocycles. The van der Waals surface area contributed by atoms with E-state index in [2.05, 4.69) is 75.7 Å². The van der Waals surface area contributed by atoms with E-state index in [1.807, 2.05) is 0 Å². The third-order valence-corrected chi connectivity index (χ3v) is 2.13. The Bertz CT molecular complexity index is 314. The Morgan fingerprint density at radius 3 is 1.18 bits per heavy atom. The van der Waals surface area contributed by atoms with Crippen LogP contribution in [-0.2, 0) is 26.2 Å². The largest absolute Gasteiger partial charge is 2.00 e. The number of hydrogen-bond donors (Lipinski definition) is 0. The summed E-state index contributed by atoms with van der Waals surface area (Å²) in [5.74, 6) is 0. The molecule has 92 valence electrons. The maximum atomic E-state index is 4.64. The summed E-state index contributed by atoms with van der Waals surface area (Å²) >= 11 is 4.64. The molecule has 0 atom stereocenters. The van der Waals surface area contributed by atoms with Crippen LogP contribution in [-0.4, -0.2) is 6.38 Å². The van der Waals surface area contributed by atoms with Gasteiger partial charge in [-0.3, -0.25) is 0 Å². The van der Waals surface area contributed by atoms with Gasteiger partial charge in [0.05, 0.1) is 0 Å². The normalized spacial score (nSPS) is 8.12. The summed E-state index contributed by atoms with van der Waals surface area (Å²) < 4.78 is 0. The van der Waals surface area contributed by atoms with E-state index in [0.29, 0.717) is 0 Å². The molecule has 0 aromatic heterocycles. The maximum absolute atomic E-state index is 4.64. The monoisotopic (exact) mass is 326 g/mol. The molecule has 0 amide bonds. The first-order valence-electron chi connectivity index (χ1n) is 5.35. The van der Waals surface area contributed by atoms with E-state index in [0.717, 1.165) is 0 Å². The van der Waals surface area contributed by atoms with E-state index < -0.39 is 0 Å². The first kappa shape index (κ1) is 19.2. The van der Waals surface area contributed by atoms with Crippen LogP contribution in [0.15, 0.2) is 36.4 Å². The summed E-state index contributed by atoms with van der Waals surface area (Å²) in [5.41, 5.74) is 5.44. The fourth-order valence-corrected chi connectivity index (χ4v) is 1.44. The van der Waals surface area contributed by atoms with Gasteiger partial charge in [0.2, 0.25) is 0 Å². The van der Waals surface area contributed by atoms with E-state index in [9.17, 15) is 0 Å². The van der Waals surface area contributed by atoms with Gasteiger partial charge in [0.1, 0.15) is 0 Å². The molecule has 2 aromatic carbocycles. The van der Waals surface area contributed by atoms with Gasteiger partial charge in [0, 0.05) is 6.38 Å². The molecule has 0 N–H and O–H groups in total. The quantitative estimate of drug-likeness (QED) is 0.477. The minimum absolute atomic E-state index is 0. The van der Waals surface area contributed by atoms with Crippen LogP contribution in [0.2, 0.25) is 0 Å². The maximum Gasteiger partial charge on any atom is 2.00 e. The molecule has 0 bridgehead atoms. The van der Waals surface area contributed by atoms with Gasteiger partial charge in [-0.2, -0.15) is 35.4 Å². The van der Waals surface area contributed by atoms with Gasteiger partial charge in [-0.15, -0.1) is 11.6 Å². The van der Waals surface area contributed by atoms with Crippen molar-refractivity contribution in [3.05, 3.63) is 58.7 Å². The zero-order chi connectivity index (χ0) is 12.6. The second-order valence-corrected chi connectivity index (χ2v) is 3.93. The molecule has 2 rings (SSSR count). The fourth-order valence-electron chi connectivity index (χ4n) is 1.44. The predicted octanol–water partition coefficient (Wildman–Crippen LogP) is 4.90. The summed E-state index contributed by atoms with van der Waals surface area (Å²) in [4.78, 5) is 0. The Kier molecular flexibility index (Phi) is 12.4. The molecule has 2 aromatic rings. The molecule has 0 aliphatic heterocycles. The minimum atomic E-state index is 0. The van der Waals surface area contributed by atoms with Crippen molar-refractivity contribution in [3.63, 3.8) is 0 Å². The SMILES string of the molecule is CCl.Cc1cc[c-](C)c1.Cc1cc[c-](C)c1.[Zr+2]. The number of aryl methyl sites for hydroxylation is 4. The van der Waals surface area contributed by atoms with Gasteiger partial charge in [0.15, 0.2) is 0 Å². The topological polar surface area (TPSA) is 0 Å². The Morgan fingerprint density at radius 2 is 1.12 bits per heavy atom. The second-order valence-electron chi connectivity index (χ2n) is 3.93. The number of halogens is 1. The van der Waals surface area contributed by atoms with Crippen molar-refractivity contribution in [3.8, 4) is 0 Å². The van der Waals surface area contributed by atoms with Crippen LogP contribution in [0, 0.1) is 27.7 Å². The van der Waals surface area contributed by atoms with Crippen molar-refractivity contribution >= 4 is 11.6 Å². The van der Waals surface area contributed by atoms with Crippen LogP contribution in [0.5, 0.6) is 0 Å².